The predicted octanol–water partition coefficient (Wildman–Crippen LogP) is 1.47. The summed E-state index contributed by atoms with van der Waals surface area (Å²) in [4.78, 5) is 12.0. The van der Waals surface area contributed by atoms with E-state index in [9.17, 15) is 9.90 Å². The van der Waals surface area contributed by atoms with Crippen molar-refractivity contribution >= 4 is 5.91 Å². The number of aliphatic hydroxyl groups excluding tert-OH is 1. The molecular weight excluding hydrogens is 216 g/mol. The number of aryl methyl sites for hydroxylation is 1. The van der Waals surface area contributed by atoms with Crippen LogP contribution >= 0.6 is 0 Å². The number of hydrogen-bond acceptors (Lipinski definition) is 2. The number of aromatic nitrogens is 1. The second kappa shape index (κ2) is 5.87. The third kappa shape index (κ3) is 3.60. The summed E-state index contributed by atoms with van der Waals surface area (Å²) in [5.41, 5.74) is 1.67. The normalized spacial score (nSPS) is 12.8. The fourth-order valence-corrected chi connectivity index (χ4v) is 1.85. The lowest BCUT2D eigenvalue weighted by Crippen LogP contribution is -2.39. The van der Waals surface area contributed by atoms with Crippen LogP contribution in [0, 0.1) is 12.8 Å². The van der Waals surface area contributed by atoms with Gasteiger partial charge in [0.05, 0.1) is 12.6 Å². The van der Waals surface area contributed by atoms with Gasteiger partial charge < -0.3 is 15.0 Å². The third-order valence-corrected chi connectivity index (χ3v) is 2.92. The standard InChI is InChI=1S/C13H22N2O2/c1-9(2)7-11(8-16)14-13(17)12-6-5-10(3)15(12)4/h5-6,9,11,16H,7-8H2,1-4H3,(H,14,17). The Balaban J connectivity index is 2.68. The van der Waals surface area contributed by atoms with Crippen LogP contribution in [0.15, 0.2) is 12.1 Å². The molecule has 1 unspecified atom stereocenters. The first-order valence-electron chi connectivity index (χ1n) is 5.99. The van der Waals surface area contributed by atoms with E-state index in [-0.39, 0.29) is 18.6 Å². The van der Waals surface area contributed by atoms with Crippen LogP contribution in [0.3, 0.4) is 0 Å². The number of carbonyl (C=O) groups excluding carboxylic acids is 1. The van der Waals surface area contributed by atoms with Crippen LogP contribution in [0.25, 0.3) is 0 Å². The molecule has 2 N–H and O–H groups in total. The van der Waals surface area contributed by atoms with E-state index < -0.39 is 0 Å². The van der Waals surface area contributed by atoms with Crippen molar-refractivity contribution in [1.82, 2.24) is 9.88 Å². The van der Waals surface area contributed by atoms with Crippen molar-refractivity contribution < 1.29 is 9.90 Å². The maximum Gasteiger partial charge on any atom is 0.268 e. The van der Waals surface area contributed by atoms with Crippen molar-refractivity contribution in [2.45, 2.75) is 33.2 Å². The van der Waals surface area contributed by atoms with Gasteiger partial charge in [-0.2, -0.15) is 0 Å². The summed E-state index contributed by atoms with van der Waals surface area (Å²) >= 11 is 0. The molecule has 0 aliphatic heterocycles. The van der Waals surface area contributed by atoms with Crippen LogP contribution in [-0.4, -0.2) is 28.2 Å². The third-order valence-electron chi connectivity index (χ3n) is 2.92. The summed E-state index contributed by atoms with van der Waals surface area (Å²) in [5, 5.41) is 12.1. The van der Waals surface area contributed by atoms with E-state index in [2.05, 4.69) is 19.2 Å². The minimum Gasteiger partial charge on any atom is -0.394 e. The van der Waals surface area contributed by atoms with Crippen LogP contribution in [0.2, 0.25) is 0 Å². The van der Waals surface area contributed by atoms with Crippen molar-refractivity contribution in [3.63, 3.8) is 0 Å². The lowest BCUT2D eigenvalue weighted by molar-refractivity contribution is 0.0900. The lowest BCUT2D eigenvalue weighted by Gasteiger charge is -2.18. The van der Waals surface area contributed by atoms with E-state index in [1.807, 2.05) is 24.6 Å². The molecule has 0 aromatic carbocycles. The van der Waals surface area contributed by atoms with Crippen molar-refractivity contribution in [2.24, 2.45) is 13.0 Å². The van der Waals surface area contributed by atoms with Gasteiger partial charge in [0.25, 0.3) is 5.91 Å². The minimum atomic E-state index is -0.169. The summed E-state index contributed by atoms with van der Waals surface area (Å²) in [5.74, 6) is 0.322. The first-order chi connectivity index (χ1) is 7.95. The highest BCUT2D eigenvalue weighted by Gasteiger charge is 2.16. The number of aliphatic hydroxyl groups is 1. The Hall–Kier alpha value is -1.29. The van der Waals surface area contributed by atoms with Gasteiger partial charge in [-0.15, -0.1) is 0 Å². The molecule has 0 aliphatic rings. The van der Waals surface area contributed by atoms with E-state index in [1.54, 1.807) is 6.07 Å². The molecule has 1 aromatic heterocycles. The number of rotatable bonds is 5. The van der Waals surface area contributed by atoms with Crippen LogP contribution in [-0.2, 0) is 7.05 Å². The minimum absolute atomic E-state index is 0.0205. The fraction of sp³-hybridized carbons (Fsp3) is 0.615. The molecule has 4 heteroatoms. The first-order valence-corrected chi connectivity index (χ1v) is 5.99. The largest absolute Gasteiger partial charge is 0.394 e. The lowest BCUT2D eigenvalue weighted by atomic mass is 10.0. The molecule has 0 radical (unpaired) electrons. The molecular formula is C13H22N2O2. The van der Waals surface area contributed by atoms with Gasteiger partial charge in [-0.05, 0) is 31.4 Å². The van der Waals surface area contributed by atoms with E-state index in [0.717, 1.165) is 12.1 Å². The monoisotopic (exact) mass is 238 g/mol. The van der Waals surface area contributed by atoms with E-state index >= 15 is 0 Å². The Bertz CT molecular complexity index is 383. The number of carbonyl (C=O) groups is 1. The number of nitrogens with zero attached hydrogens (tertiary/aromatic N) is 1. The smallest absolute Gasteiger partial charge is 0.268 e. The SMILES string of the molecule is Cc1ccc(C(=O)NC(CO)CC(C)C)n1C. The molecule has 1 atom stereocenters. The van der Waals surface area contributed by atoms with Gasteiger partial charge in [0.2, 0.25) is 0 Å². The Kier molecular flexibility index (Phi) is 4.75. The summed E-state index contributed by atoms with van der Waals surface area (Å²) in [6.45, 7) is 6.07. The maximum absolute atomic E-state index is 12.0. The Morgan fingerprint density at radius 1 is 1.47 bits per heavy atom. The fourth-order valence-electron chi connectivity index (χ4n) is 1.85. The molecule has 0 saturated carbocycles. The average Bonchev–Trinajstić information content (AvgIpc) is 2.58. The molecule has 4 nitrogen and oxygen atoms in total. The van der Waals surface area contributed by atoms with Gasteiger partial charge in [0, 0.05) is 12.7 Å². The molecule has 17 heavy (non-hydrogen) atoms. The molecule has 0 aliphatic carbocycles. The van der Waals surface area contributed by atoms with E-state index in [4.69, 9.17) is 0 Å². The summed E-state index contributed by atoms with van der Waals surface area (Å²) < 4.78 is 1.85. The van der Waals surface area contributed by atoms with Crippen LogP contribution < -0.4 is 5.32 Å². The van der Waals surface area contributed by atoms with Gasteiger partial charge >= 0.3 is 0 Å². The van der Waals surface area contributed by atoms with Crippen molar-refractivity contribution in [3.05, 3.63) is 23.5 Å². The van der Waals surface area contributed by atoms with E-state index in [0.29, 0.717) is 11.6 Å². The van der Waals surface area contributed by atoms with Gasteiger partial charge in [-0.25, -0.2) is 0 Å². The molecule has 96 valence electrons. The van der Waals surface area contributed by atoms with Crippen LogP contribution in [0.1, 0.15) is 36.5 Å². The molecule has 0 saturated heterocycles. The molecule has 0 fully saturated rings. The van der Waals surface area contributed by atoms with Crippen molar-refractivity contribution in [1.29, 1.82) is 0 Å². The highest BCUT2D eigenvalue weighted by atomic mass is 16.3. The van der Waals surface area contributed by atoms with Gasteiger partial charge in [-0.1, -0.05) is 13.8 Å². The highest BCUT2D eigenvalue weighted by Crippen LogP contribution is 2.08. The first kappa shape index (κ1) is 13.8. The average molecular weight is 238 g/mol. The second-order valence-corrected chi connectivity index (χ2v) is 4.90. The molecule has 0 bridgehead atoms. The Morgan fingerprint density at radius 3 is 2.53 bits per heavy atom. The topological polar surface area (TPSA) is 54.3 Å². The molecule has 1 amide bonds. The van der Waals surface area contributed by atoms with Gasteiger partial charge in [0.15, 0.2) is 0 Å². The summed E-state index contributed by atoms with van der Waals surface area (Å²) in [6, 6.07) is 3.54. The number of amides is 1. The summed E-state index contributed by atoms with van der Waals surface area (Å²) in [7, 11) is 1.86. The zero-order chi connectivity index (χ0) is 13.0. The molecule has 0 spiro atoms. The number of hydrogen-bond donors (Lipinski definition) is 2. The van der Waals surface area contributed by atoms with Crippen molar-refractivity contribution in [2.75, 3.05) is 6.61 Å². The molecule has 1 heterocycles. The van der Waals surface area contributed by atoms with Gasteiger partial charge in [0.1, 0.15) is 5.69 Å². The molecule has 1 aromatic rings. The highest BCUT2D eigenvalue weighted by molar-refractivity contribution is 5.93. The second-order valence-electron chi connectivity index (χ2n) is 4.90. The van der Waals surface area contributed by atoms with Gasteiger partial charge in [-0.3, -0.25) is 4.79 Å². The van der Waals surface area contributed by atoms with Crippen molar-refractivity contribution in [3.8, 4) is 0 Å². The Labute approximate surface area is 103 Å². The predicted molar refractivity (Wildman–Crippen MR) is 67.9 cm³/mol. The van der Waals surface area contributed by atoms with Crippen LogP contribution in [0.4, 0.5) is 0 Å². The molecule has 1 rings (SSSR count). The maximum atomic E-state index is 12.0. The number of nitrogens with one attached hydrogen (secondary N) is 1. The summed E-state index contributed by atoms with van der Waals surface area (Å²) in [6.07, 6.45) is 0.783. The Morgan fingerprint density at radius 2 is 2.12 bits per heavy atom. The zero-order valence-corrected chi connectivity index (χ0v) is 11.0. The quantitative estimate of drug-likeness (QED) is 0.816. The van der Waals surface area contributed by atoms with Crippen LogP contribution in [0.5, 0.6) is 0 Å². The zero-order valence-electron chi connectivity index (χ0n) is 11.0. The van der Waals surface area contributed by atoms with E-state index in [1.165, 1.54) is 0 Å².